The van der Waals surface area contributed by atoms with Gasteiger partial charge in [0.15, 0.2) is 16.6 Å². The van der Waals surface area contributed by atoms with Crippen molar-refractivity contribution in [2.45, 2.75) is 13.5 Å². The van der Waals surface area contributed by atoms with Gasteiger partial charge in [0, 0.05) is 37.7 Å². The van der Waals surface area contributed by atoms with E-state index in [1.165, 1.54) is 0 Å². The van der Waals surface area contributed by atoms with E-state index in [1.54, 1.807) is 25.6 Å². The highest BCUT2D eigenvalue weighted by Crippen LogP contribution is 2.34. The van der Waals surface area contributed by atoms with E-state index >= 15 is 0 Å². The summed E-state index contributed by atoms with van der Waals surface area (Å²) in [7, 11) is 3.20. The van der Waals surface area contributed by atoms with Crippen molar-refractivity contribution in [3.8, 4) is 11.5 Å². The van der Waals surface area contributed by atoms with E-state index in [9.17, 15) is 4.79 Å². The minimum Gasteiger partial charge on any atom is -0.493 e. The first-order valence-electron chi connectivity index (χ1n) is 10.0. The summed E-state index contributed by atoms with van der Waals surface area (Å²) in [5, 5.41) is 4.71. The molecule has 0 aliphatic carbocycles. The van der Waals surface area contributed by atoms with Crippen molar-refractivity contribution in [1.29, 1.82) is 0 Å². The van der Waals surface area contributed by atoms with Crippen molar-refractivity contribution in [3.63, 3.8) is 0 Å². The van der Waals surface area contributed by atoms with Gasteiger partial charge >= 0.3 is 6.03 Å². The van der Waals surface area contributed by atoms with Gasteiger partial charge in [0.1, 0.15) is 0 Å². The Hall–Kier alpha value is -2.71. The Balaban J connectivity index is 1.33. The number of nitrogens with zero attached hydrogens (tertiary/aromatic N) is 3. The third-order valence-corrected chi connectivity index (χ3v) is 6.96. The topological polar surface area (TPSA) is 66.9 Å². The molecule has 2 amide bonds. The molecule has 164 valence electrons. The lowest BCUT2D eigenvalue weighted by Gasteiger charge is -2.34. The van der Waals surface area contributed by atoms with Crippen molar-refractivity contribution < 1.29 is 14.3 Å². The molecule has 0 saturated carbocycles. The number of rotatable bonds is 5. The number of methoxy groups -OCH3 is 2. The van der Waals surface area contributed by atoms with Crippen LogP contribution in [0.1, 0.15) is 11.1 Å². The summed E-state index contributed by atoms with van der Waals surface area (Å²) < 4.78 is 11.7. The van der Waals surface area contributed by atoms with Gasteiger partial charge in [0.2, 0.25) is 0 Å². The summed E-state index contributed by atoms with van der Waals surface area (Å²) in [5.41, 5.74) is 2.92. The Morgan fingerprint density at radius 3 is 2.58 bits per heavy atom. The molecule has 2 aromatic carbocycles. The highest BCUT2D eigenvalue weighted by atomic mass is 35.5. The van der Waals surface area contributed by atoms with E-state index in [2.05, 4.69) is 10.2 Å². The SMILES string of the molecule is COc1ccc(CNC(=O)N2CCN(c3nc4c(C)c(Cl)ccc4s3)CC2)cc1OC. The molecule has 1 N–H and O–H groups in total. The van der Waals surface area contributed by atoms with Gasteiger partial charge in [0.25, 0.3) is 0 Å². The number of hydrogen-bond donors (Lipinski definition) is 1. The summed E-state index contributed by atoms with van der Waals surface area (Å²) in [6.45, 7) is 5.21. The summed E-state index contributed by atoms with van der Waals surface area (Å²) in [4.78, 5) is 21.5. The number of halogens is 1. The standard InChI is InChI=1S/C22H25ClN4O3S/c1-14-16(23)5-7-19-20(14)25-22(31-19)27-10-8-26(9-11-27)21(28)24-13-15-4-6-17(29-2)18(12-15)30-3/h4-7,12H,8-11,13H2,1-3H3,(H,24,28). The maximum absolute atomic E-state index is 12.6. The van der Waals surface area contributed by atoms with Gasteiger partial charge in [-0.15, -0.1) is 0 Å². The Morgan fingerprint density at radius 1 is 1.13 bits per heavy atom. The molecule has 1 saturated heterocycles. The van der Waals surface area contributed by atoms with Crippen LogP contribution in [0.4, 0.5) is 9.93 Å². The van der Waals surface area contributed by atoms with Gasteiger partial charge in [-0.3, -0.25) is 0 Å². The number of ether oxygens (including phenoxy) is 2. The Morgan fingerprint density at radius 2 is 1.87 bits per heavy atom. The Bertz CT molecular complexity index is 1100. The minimum atomic E-state index is -0.0682. The maximum atomic E-state index is 12.6. The molecule has 1 aliphatic rings. The van der Waals surface area contributed by atoms with Crippen LogP contribution >= 0.6 is 22.9 Å². The summed E-state index contributed by atoms with van der Waals surface area (Å²) in [6.07, 6.45) is 0. The van der Waals surface area contributed by atoms with Crippen LogP contribution in [0.25, 0.3) is 10.2 Å². The summed E-state index contributed by atoms with van der Waals surface area (Å²) in [6, 6.07) is 9.50. The fraction of sp³-hybridized carbons (Fsp3) is 0.364. The van der Waals surface area contributed by atoms with E-state index in [4.69, 9.17) is 26.1 Å². The first-order chi connectivity index (χ1) is 15.0. The number of piperazine rings is 1. The van der Waals surface area contributed by atoms with Gasteiger partial charge < -0.3 is 24.6 Å². The predicted octanol–water partition coefficient (Wildman–Crippen LogP) is 4.31. The number of urea groups is 1. The van der Waals surface area contributed by atoms with Gasteiger partial charge in [-0.1, -0.05) is 29.0 Å². The average molecular weight is 461 g/mol. The fourth-order valence-corrected chi connectivity index (χ4v) is 4.83. The van der Waals surface area contributed by atoms with E-state index < -0.39 is 0 Å². The second-order valence-electron chi connectivity index (χ2n) is 7.34. The second-order valence-corrected chi connectivity index (χ2v) is 8.75. The molecule has 2 heterocycles. The number of thiazole rings is 1. The highest BCUT2D eigenvalue weighted by molar-refractivity contribution is 7.22. The lowest BCUT2D eigenvalue weighted by atomic mass is 10.2. The van der Waals surface area contributed by atoms with Crippen molar-refractivity contribution in [2.24, 2.45) is 0 Å². The highest BCUT2D eigenvalue weighted by Gasteiger charge is 2.23. The number of benzene rings is 2. The van der Waals surface area contributed by atoms with Crippen LogP contribution in [0.2, 0.25) is 5.02 Å². The molecular formula is C22H25ClN4O3S. The zero-order valence-corrected chi connectivity index (χ0v) is 19.3. The van der Waals surface area contributed by atoms with E-state index in [0.29, 0.717) is 31.1 Å². The third kappa shape index (κ3) is 4.50. The van der Waals surface area contributed by atoms with E-state index in [1.807, 2.05) is 42.2 Å². The Labute approximate surface area is 190 Å². The number of carbonyl (C=O) groups is 1. The van der Waals surface area contributed by atoms with Crippen LogP contribution < -0.4 is 19.7 Å². The number of aromatic nitrogens is 1. The quantitative estimate of drug-likeness (QED) is 0.614. The van der Waals surface area contributed by atoms with Crippen LogP contribution in [-0.2, 0) is 6.54 Å². The number of nitrogens with one attached hydrogen (secondary N) is 1. The van der Waals surface area contributed by atoms with Gasteiger partial charge in [-0.2, -0.15) is 0 Å². The molecule has 31 heavy (non-hydrogen) atoms. The predicted molar refractivity (Wildman–Crippen MR) is 125 cm³/mol. The van der Waals surface area contributed by atoms with Crippen molar-refractivity contribution >= 4 is 44.3 Å². The Kier molecular flexibility index (Phi) is 6.38. The molecule has 0 bridgehead atoms. The van der Waals surface area contributed by atoms with E-state index in [-0.39, 0.29) is 6.03 Å². The van der Waals surface area contributed by atoms with Crippen LogP contribution in [0.3, 0.4) is 0 Å². The monoisotopic (exact) mass is 460 g/mol. The molecule has 0 unspecified atom stereocenters. The number of anilines is 1. The maximum Gasteiger partial charge on any atom is 0.317 e. The smallest absolute Gasteiger partial charge is 0.317 e. The number of carbonyl (C=O) groups excluding carboxylic acids is 1. The average Bonchev–Trinajstić information content (AvgIpc) is 3.25. The van der Waals surface area contributed by atoms with Gasteiger partial charge in [-0.25, -0.2) is 9.78 Å². The number of aryl methyl sites for hydroxylation is 1. The normalized spacial score (nSPS) is 14.1. The largest absolute Gasteiger partial charge is 0.493 e. The van der Waals surface area contributed by atoms with Crippen LogP contribution in [0.5, 0.6) is 11.5 Å². The lowest BCUT2D eigenvalue weighted by Crippen LogP contribution is -2.51. The van der Waals surface area contributed by atoms with Crippen LogP contribution in [0.15, 0.2) is 30.3 Å². The first kappa shape index (κ1) is 21.5. The molecule has 3 aromatic rings. The molecule has 4 rings (SSSR count). The zero-order chi connectivity index (χ0) is 22.0. The van der Waals surface area contributed by atoms with Gasteiger partial charge in [0.05, 0.1) is 24.4 Å². The number of fused-ring (bicyclic) bond motifs is 1. The van der Waals surface area contributed by atoms with Crippen molar-refractivity contribution in [1.82, 2.24) is 15.2 Å². The number of hydrogen-bond acceptors (Lipinski definition) is 6. The zero-order valence-electron chi connectivity index (χ0n) is 17.8. The summed E-state index contributed by atoms with van der Waals surface area (Å²) in [5.74, 6) is 1.32. The minimum absolute atomic E-state index is 0.0682. The third-order valence-electron chi connectivity index (χ3n) is 5.47. The van der Waals surface area contributed by atoms with E-state index in [0.717, 1.165) is 44.6 Å². The van der Waals surface area contributed by atoms with Crippen molar-refractivity contribution in [3.05, 3.63) is 46.5 Å². The van der Waals surface area contributed by atoms with Gasteiger partial charge in [-0.05, 0) is 42.3 Å². The summed E-state index contributed by atoms with van der Waals surface area (Å²) >= 11 is 7.89. The molecule has 1 fully saturated rings. The molecule has 7 nitrogen and oxygen atoms in total. The molecule has 1 aliphatic heterocycles. The van der Waals surface area contributed by atoms with Crippen LogP contribution in [0, 0.1) is 6.92 Å². The molecule has 0 atom stereocenters. The molecule has 1 aromatic heterocycles. The second kappa shape index (κ2) is 9.20. The fourth-order valence-electron chi connectivity index (χ4n) is 3.60. The number of amides is 2. The molecule has 0 radical (unpaired) electrons. The molecule has 0 spiro atoms. The molecule has 9 heteroatoms. The first-order valence-corrected chi connectivity index (χ1v) is 11.2. The van der Waals surface area contributed by atoms with Crippen molar-refractivity contribution in [2.75, 3.05) is 45.3 Å². The molecular weight excluding hydrogens is 436 g/mol. The van der Waals surface area contributed by atoms with Crippen LogP contribution in [-0.4, -0.2) is 56.3 Å². The lowest BCUT2D eigenvalue weighted by molar-refractivity contribution is 0.194.